The van der Waals surface area contributed by atoms with E-state index in [9.17, 15) is 23.4 Å². The SMILES string of the molecule is CS(=O)(=O)N1CCN(c2ccc(C3(O)CC4CCC(N4)C3C(=O)O)cc2)CC1. The summed E-state index contributed by atoms with van der Waals surface area (Å²) >= 11 is 0. The first kappa shape index (κ1) is 19.6. The Hall–Kier alpha value is -1.68. The van der Waals surface area contributed by atoms with Crippen LogP contribution in [-0.2, 0) is 20.4 Å². The molecule has 8 nitrogen and oxygen atoms in total. The molecule has 3 aliphatic heterocycles. The van der Waals surface area contributed by atoms with Gasteiger partial charge in [0.1, 0.15) is 11.5 Å². The number of hydrogen-bond donors (Lipinski definition) is 3. The van der Waals surface area contributed by atoms with Crippen molar-refractivity contribution in [1.29, 1.82) is 0 Å². The number of piperazine rings is 1. The smallest absolute Gasteiger partial charge is 0.311 e. The predicted octanol–water partition coefficient (Wildman–Crippen LogP) is 0.181. The molecule has 0 saturated carbocycles. The van der Waals surface area contributed by atoms with E-state index in [0.29, 0.717) is 38.2 Å². The average Bonchev–Trinajstić information content (AvgIpc) is 3.02. The zero-order chi connectivity index (χ0) is 20.1. The fraction of sp³-hybridized carbons (Fsp3) is 0.632. The molecule has 0 radical (unpaired) electrons. The molecule has 0 aliphatic carbocycles. The Labute approximate surface area is 165 Å². The van der Waals surface area contributed by atoms with Crippen molar-refractivity contribution >= 4 is 21.7 Å². The molecule has 3 aliphatic rings. The maximum absolute atomic E-state index is 11.9. The van der Waals surface area contributed by atoms with Gasteiger partial charge in [0.25, 0.3) is 0 Å². The zero-order valence-electron chi connectivity index (χ0n) is 15.9. The number of carboxylic acid groups (broad SMARTS) is 1. The minimum absolute atomic E-state index is 0.148. The highest BCUT2D eigenvalue weighted by Gasteiger charge is 2.54. The molecule has 3 fully saturated rings. The van der Waals surface area contributed by atoms with Gasteiger partial charge in [-0.05, 0) is 37.0 Å². The van der Waals surface area contributed by atoms with E-state index in [-0.39, 0.29) is 12.1 Å². The van der Waals surface area contributed by atoms with Crippen LogP contribution in [0.4, 0.5) is 5.69 Å². The van der Waals surface area contributed by atoms with E-state index in [0.717, 1.165) is 18.5 Å². The number of carbonyl (C=O) groups is 1. The fourth-order valence-electron chi connectivity index (χ4n) is 5.02. The van der Waals surface area contributed by atoms with Gasteiger partial charge in [-0.15, -0.1) is 0 Å². The standard InChI is InChI=1S/C19H27N3O5S/c1-28(26,27)22-10-8-21(9-11-22)15-5-2-13(3-6-15)19(25)12-14-4-7-16(20-14)17(19)18(23)24/h2-3,5-6,14,16-17,20,25H,4,7-12H2,1H3,(H,23,24). The predicted molar refractivity (Wildman–Crippen MR) is 105 cm³/mol. The summed E-state index contributed by atoms with van der Waals surface area (Å²) in [7, 11) is -3.17. The lowest BCUT2D eigenvalue weighted by Gasteiger charge is -2.43. The molecule has 0 aromatic heterocycles. The molecule has 1 aromatic carbocycles. The topological polar surface area (TPSA) is 110 Å². The maximum Gasteiger partial charge on any atom is 0.311 e. The molecule has 4 unspecified atom stereocenters. The monoisotopic (exact) mass is 409 g/mol. The molecule has 28 heavy (non-hydrogen) atoms. The third-order valence-corrected chi connectivity index (χ3v) is 7.76. The van der Waals surface area contributed by atoms with E-state index in [1.807, 2.05) is 24.3 Å². The van der Waals surface area contributed by atoms with Crippen molar-refractivity contribution in [2.75, 3.05) is 37.3 Å². The van der Waals surface area contributed by atoms with Crippen molar-refractivity contribution in [3.8, 4) is 0 Å². The summed E-state index contributed by atoms with van der Waals surface area (Å²) in [6, 6.07) is 7.37. The van der Waals surface area contributed by atoms with Gasteiger partial charge in [0.2, 0.25) is 10.0 Å². The van der Waals surface area contributed by atoms with E-state index in [4.69, 9.17) is 0 Å². The normalized spacial score (nSPS) is 33.8. The number of fused-ring (bicyclic) bond motifs is 2. The summed E-state index contributed by atoms with van der Waals surface area (Å²) in [5.74, 6) is -1.84. The lowest BCUT2D eigenvalue weighted by molar-refractivity contribution is -0.159. The van der Waals surface area contributed by atoms with Crippen molar-refractivity contribution in [2.45, 2.75) is 36.9 Å². The van der Waals surface area contributed by atoms with Crippen molar-refractivity contribution in [1.82, 2.24) is 9.62 Å². The van der Waals surface area contributed by atoms with Gasteiger partial charge in [0.15, 0.2) is 0 Å². The Morgan fingerprint density at radius 2 is 1.79 bits per heavy atom. The maximum atomic E-state index is 11.9. The fourth-order valence-corrected chi connectivity index (χ4v) is 5.85. The van der Waals surface area contributed by atoms with E-state index in [1.165, 1.54) is 10.6 Å². The van der Waals surface area contributed by atoms with E-state index >= 15 is 0 Å². The first-order valence-corrected chi connectivity index (χ1v) is 11.6. The molecule has 3 heterocycles. The summed E-state index contributed by atoms with van der Waals surface area (Å²) in [6.45, 7) is 2.09. The highest BCUT2D eigenvalue weighted by molar-refractivity contribution is 7.88. The van der Waals surface area contributed by atoms with Crippen molar-refractivity contribution < 1.29 is 23.4 Å². The number of hydrogen-bond acceptors (Lipinski definition) is 6. The second-order valence-corrected chi connectivity index (χ2v) is 10.2. The highest BCUT2D eigenvalue weighted by Crippen LogP contribution is 2.45. The summed E-state index contributed by atoms with van der Waals surface area (Å²) < 4.78 is 24.8. The molecular weight excluding hydrogens is 382 g/mol. The van der Waals surface area contributed by atoms with Crippen LogP contribution in [0.15, 0.2) is 24.3 Å². The average molecular weight is 410 g/mol. The number of nitrogens with zero attached hydrogens (tertiary/aromatic N) is 2. The summed E-state index contributed by atoms with van der Waals surface area (Å²) in [6.07, 6.45) is 3.28. The number of rotatable bonds is 4. The molecule has 154 valence electrons. The Morgan fingerprint density at radius 3 is 2.36 bits per heavy atom. The van der Waals surface area contributed by atoms with E-state index < -0.39 is 27.5 Å². The molecular formula is C19H27N3O5S. The Kier molecular flexibility index (Phi) is 4.89. The second kappa shape index (κ2) is 6.98. The molecule has 1 aromatic rings. The Balaban J connectivity index is 1.52. The van der Waals surface area contributed by atoms with Crippen LogP contribution in [0.25, 0.3) is 0 Å². The summed E-state index contributed by atoms with van der Waals surface area (Å²) in [4.78, 5) is 14.0. The van der Waals surface area contributed by atoms with Gasteiger partial charge in [-0.1, -0.05) is 12.1 Å². The molecule has 3 saturated heterocycles. The van der Waals surface area contributed by atoms with Crippen LogP contribution < -0.4 is 10.2 Å². The minimum Gasteiger partial charge on any atom is -0.481 e. The van der Waals surface area contributed by atoms with Gasteiger partial charge in [-0.3, -0.25) is 4.79 Å². The number of benzene rings is 1. The number of sulfonamides is 1. The van der Waals surface area contributed by atoms with Gasteiger partial charge in [0, 0.05) is 44.0 Å². The quantitative estimate of drug-likeness (QED) is 0.651. The molecule has 2 bridgehead atoms. The van der Waals surface area contributed by atoms with Crippen LogP contribution in [0.2, 0.25) is 0 Å². The molecule has 9 heteroatoms. The van der Waals surface area contributed by atoms with Crippen molar-refractivity contribution in [3.63, 3.8) is 0 Å². The van der Waals surface area contributed by atoms with Gasteiger partial charge >= 0.3 is 5.97 Å². The summed E-state index contributed by atoms with van der Waals surface area (Å²) in [5.41, 5.74) is 0.206. The van der Waals surface area contributed by atoms with Gasteiger partial charge in [-0.2, -0.15) is 4.31 Å². The Bertz CT molecular complexity index is 851. The highest BCUT2D eigenvalue weighted by atomic mass is 32.2. The van der Waals surface area contributed by atoms with Gasteiger partial charge < -0.3 is 20.4 Å². The molecule has 0 amide bonds. The first-order chi connectivity index (χ1) is 13.2. The molecule has 3 N–H and O–H groups in total. The Morgan fingerprint density at radius 1 is 1.14 bits per heavy atom. The van der Waals surface area contributed by atoms with E-state index in [1.54, 1.807) is 0 Å². The molecule has 4 atom stereocenters. The number of piperidine rings is 1. The largest absolute Gasteiger partial charge is 0.481 e. The van der Waals surface area contributed by atoms with Crippen LogP contribution >= 0.6 is 0 Å². The van der Waals surface area contributed by atoms with Gasteiger partial charge in [0.05, 0.1) is 6.26 Å². The summed E-state index contributed by atoms with van der Waals surface area (Å²) in [5, 5.41) is 24.4. The lowest BCUT2D eigenvalue weighted by atomic mass is 9.73. The molecule has 4 rings (SSSR count). The number of nitrogens with one attached hydrogen (secondary N) is 1. The third kappa shape index (κ3) is 3.41. The number of aliphatic hydroxyl groups is 1. The third-order valence-electron chi connectivity index (χ3n) is 6.46. The van der Waals surface area contributed by atoms with Crippen LogP contribution in [0.3, 0.4) is 0 Å². The van der Waals surface area contributed by atoms with Crippen LogP contribution in [0, 0.1) is 5.92 Å². The first-order valence-electron chi connectivity index (χ1n) is 9.70. The number of anilines is 1. The number of carboxylic acids is 1. The lowest BCUT2D eigenvalue weighted by Crippen LogP contribution is -2.57. The molecule has 0 spiro atoms. The van der Waals surface area contributed by atoms with Gasteiger partial charge in [-0.25, -0.2) is 8.42 Å². The number of aliphatic carboxylic acids is 1. The van der Waals surface area contributed by atoms with E-state index in [2.05, 4.69) is 10.2 Å². The minimum atomic E-state index is -3.17. The van der Waals surface area contributed by atoms with Crippen molar-refractivity contribution in [2.24, 2.45) is 5.92 Å². The van der Waals surface area contributed by atoms with Crippen LogP contribution in [0.5, 0.6) is 0 Å². The van der Waals surface area contributed by atoms with Crippen LogP contribution in [-0.4, -0.2) is 73.4 Å². The zero-order valence-corrected chi connectivity index (χ0v) is 16.7. The second-order valence-electron chi connectivity index (χ2n) is 8.19. The van der Waals surface area contributed by atoms with Crippen LogP contribution in [0.1, 0.15) is 24.8 Å². The van der Waals surface area contributed by atoms with Crippen molar-refractivity contribution in [3.05, 3.63) is 29.8 Å².